The smallest absolute Gasteiger partial charge is 0.236 e. The molecular weight excluding hydrogens is 204 g/mol. The van der Waals surface area contributed by atoms with Gasteiger partial charge < -0.3 is 16.0 Å². The van der Waals surface area contributed by atoms with E-state index >= 15 is 0 Å². The second-order valence-corrected chi connectivity index (χ2v) is 4.77. The van der Waals surface area contributed by atoms with Gasteiger partial charge in [0.2, 0.25) is 5.91 Å². The van der Waals surface area contributed by atoms with E-state index in [1.54, 1.807) is 0 Å². The lowest BCUT2D eigenvalue weighted by Crippen LogP contribution is -2.52. The molecule has 2 heterocycles. The molecule has 2 aliphatic heterocycles. The second kappa shape index (κ2) is 5.61. The first kappa shape index (κ1) is 11.8. The van der Waals surface area contributed by atoms with Crippen LogP contribution in [0.3, 0.4) is 0 Å². The van der Waals surface area contributed by atoms with Crippen molar-refractivity contribution in [3.8, 4) is 0 Å². The van der Waals surface area contributed by atoms with Crippen molar-refractivity contribution in [1.29, 1.82) is 0 Å². The van der Waals surface area contributed by atoms with Crippen LogP contribution in [0.5, 0.6) is 0 Å². The van der Waals surface area contributed by atoms with Gasteiger partial charge in [-0.05, 0) is 19.4 Å². The number of carbonyl (C=O) groups is 1. The number of hydrogen-bond donors (Lipinski definition) is 2. The first-order valence-corrected chi connectivity index (χ1v) is 6.22. The zero-order chi connectivity index (χ0) is 11.4. The Bertz CT molecular complexity index is 240. The molecule has 1 atom stereocenters. The lowest BCUT2D eigenvalue weighted by molar-refractivity contribution is -0.133. The molecule has 0 spiro atoms. The van der Waals surface area contributed by atoms with Gasteiger partial charge in [-0.25, -0.2) is 0 Å². The maximum Gasteiger partial charge on any atom is 0.236 e. The quantitative estimate of drug-likeness (QED) is 0.623. The third kappa shape index (κ3) is 3.17. The van der Waals surface area contributed by atoms with Crippen LogP contribution in [-0.4, -0.2) is 67.6 Å². The fourth-order valence-electron chi connectivity index (χ4n) is 2.44. The van der Waals surface area contributed by atoms with Gasteiger partial charge in [-0.1, -0.05) is 0 Å². The second-order valence-electron chi connectivity index (χ2n) is 4.77. The lowest BCUT2D eigenvalue weighted by Gasteiger charge is -2.33. The Hall–Kier alpha value is -0.650. The highest BCUT2D eigenvalue weighted by atomic mass is 16.2. The van der Waals surface area contributed by atoms with Crippen molar-refractivity contribution in [2.24, 2.45) is 5.73 Å². The van der Waals surface area contributed by atoms with Crippen LogP contribution >= 0.6 is 0 Å². The van der Waals surface area contributed by atoms with Crippen molar-refractivity contribution >= 4 is 5.91 Å². The average molecular weight is 226 g/mol. The summed E-state index contributed by atoms with van der Waals surface area (Å²) in [7, 11) is 0. The summed E-state index contributed by atoms with van der Waals surface area (Å²) in [6.45, 7) is 5.98. The summed E-state index contributed by atoms with van der Waals surface area (Å²) in [4.78, 5) is 16.1. The van der Waals surface area contributed by atoms with Gasteiger partial charge in [-0.3, -0.25) is 9.69 Å². The van der Waals surface area contributed by atoms with Gasteiger partial charge >= 0.3 is 0 Å². The van der Waals surface area contributed by atoms with Gasteiger partial charge in [-0.2, -0.15) is 0 Å². The molecule has 2 rings (SSSR count). The Morgan fingerprint density at radius 3 is 2.75 bits per heavy atom. The highest BCUT2D eigenvalue weighted by Crippen LogP contribution is 2.08. The zero-order valence-electron chi connectivity index (χ0n) is 9.82. The summed E-state index contributed by atoms with van der Waals surface area (Å²) < 4.78 is 0. The summed E-state index contributed by atoms with van der Waals surface area (Å²) in [6.07, 6.45) is 2.22. The number of nitrogens with two attached hydrogens (primary N) is 1. The van der Waals surface area contributed by atoms with Crippen molar-refractivity contribution in [3.05, 3.63) is 0 Å². The van der Waals surface area contributed by atoms with Gasteiger partial charge in [0, 0.05) is 38.8 Å². The first-order valence-electron chi connectivity index (χ1n) is 6.22. The van der Waals surface area contributed by atoms with Crippen molar-refractivity contribution in [3.63, 3.8) is 0 Å². The number of carbonyl (C=O) groups excluding carboxylic acids is 1. The molecule has 0 aromatic rings. The number of piperazine rings is 1. The van der Waals surface area contributed by atoms with Crippen LogP contribution in [0, 0.1) is 0 Å². The molecule has 5 heteroatoms. The van der Waals surface area contributed by atoms with Gasteiger partial charge in [0.25, 0.3) is 0 Å². The molecule has 1 amide bonds. The van der Waals surface area contributed by atoms with E-state index in [0.717, 1.165) is 52.1 Å². The van der Waals surface area contributed by atoms with E-state index in [0.29, 0.717) is 6.54 Å². The molecule has 0 aromatic heterocycles. The summed E-state index contributed by atoms with van der Waals surface area (Å²) in [5, 5.41) is 3.25. The summed E-state index contributed by atoms with van der Waals surface area (Å²) in [5.74, 6) is 0.260. The highest BCUT2D eigenvalue weighted by Gasteiger charge is 2.22. The first-order chi connectivity index (χ1) is 7.75. The minimum atomic E-state index is 0.254. The molecule has 2 fully saturated rings. The van der Waals surface area contributed by atoms with Crippen LogP contribution in [0.15, 0.2) is 0 Å². The molecule has 2 saturated heterocycles. The molecule has 0 aliphatic carbocycles. The summed E-state index contributed by atoms with van der Waals surface area (Å²) in [5.41, 5.74) is 5.90. The average Bonchev–Trinajstić information content (AvgIpc) is 2.30. The van der Waals surface area contributed by atoms with Crippen molar-refractivity contribution in [2.45, 2.75) is 18.9 Å². The molecule has 92 valence electrons. The van der Waals surface area contributed by atoms with Crippen LogP contribution in [0.2, 0.25) is 0 Å². The van der Waals surface area contributed by atoms with Crippen molar-refractivity contribution < 1.29 is 4.79 Å². The van der Waals surface area contributed by atoms with E-state index in [1.807, 2.05) is 4.90 Å². The maximum atomic E-state index is 12.0. The zero-order valence-corrected chi connectivity index (χ0v) is 9.82. The molecule has 0 bridgehead atoms. The van der Waals surface area contributed by atoms with Crippen LogP contribution in [-0.2, 0) is 4.79 Å². The third-order valence-corrected chi connectivity index (χ3v) is 3.37. The molecule has 3 N–H and O–H groups in total. The topological polar surface area (TPSA) is 61.6 Å². The fraction of sp³-hybridized carbons (Fsp3) is 0.909. The molecular formula is C11H22N4O. The number of hydrogen-bond acceptors (Lipinski definition) is 4. The maximum absolute atomic E-state index is 12.0. The molecule has 16 heavy (non-hydrogen) atoms. The number of nitrogens with zero attached hydrogens (tertiary/aromatic N) is 2. The Morgan fingerprint density at radius 2 is 2.06 bits per heavy atom. The fourth-order valence-corrected chi connectivity index (χ4v) is 2.44. The lowest BCUT2D eigenvalue weighted by atomic mass is 10.1. The number of piperidine rings is 1. The minimum absolute atomic E-state index is 0.254. The number of nitrogens with one attached hydrogen (secondary N) is 1. The number of likely N-dealkylation sites (tertiary alicyclic amines) is 1. The SMILES string of the molecule is NC1CCCN(CC(=O)N2CCNCC2)C1. The van der Waals surface area contributed by atoms with Gasteiger partial charge in [0.05, 0.1) is 6.54 Å². The van der Waals surface area contributed by atoms with Crippen molar-refractivity contribution in [2.75, 3.05) is 45.8 Å². The van der Waals surface area contributed by atoms with Crippen LogP contribution in [0.25, 0.3) is 0 Å². The number of rotatable bonds is 2. The van der Waals surface area contributed by atoms with Crippen molar-refractivity contribution in [1.82, 2.24) is 15.1 Å². The predicted octanol–water partition coefficient (Wildman–Crippen LogP) is -1.16. The molecule has 1 unspecified atom stereocenters. The Kier molecular flexibility index (Phi) is 4.15. The molecule has 2 aliphatic rings. The van der Waals surface area contributed by atoms with E-state index < -0.39 is 0 Å². The molecule has 0 saturated carbocycles. The Labute approximate surface area is 96.9 Å². The highest BCUT2D eigenvalue weighted by molar-refractivity contribution is 5.78. The number of amides is 1. The molecule has 0 aromatic carbocycles. The predicted molar refractivity (Wildman–Crippen MR) is 63.1 cm³/mol. The van der Waals surface area contributed by atoms with Gasteiger partial charge in [-0.15, -0.1) is 0 Å². The van der Waals surface area contributed by atoms with Crippen LogP contribution < -0.4 is 11.1 Å². The monoisotopic (exact) mass is 226 g/mol. The summed E-state index contributed by atoms with van der Waals surface area (Å²) >= 11 is 0. The van der Waals surface area contributed by atoms with Crippen LogP contribution in [0.4, 0.5) is 0 Å². The van der Waals surface area contributed by atoms with Crippen LogP contribution in [0.1, 0.15) is 12.8 Å². The normalized spacial score (nSPS) is 28.1. The van der Waals surface area contributed by atoms with E-state index in [1.165, 1.54) is 0 Å². The van der Waals surface area contributed by atoms with E-state index in [2.05, 4.69) is 10.2 Å². The largest absolute Gasteiger partial charge is 0.339 e. The van der Waals surface area contributed by atoms with E-state index in [4.69, 9.17) is 5.73 Å². The third-order valence-electron chi connectivity index (χ3n) is 3.37. The van der Waals surface area contributed by atoms with E-state index in [-0.39, 0.29) is 11.9 Å². The Balaban J connectivity index is 1.77. The minimum Gasteiger partial charge on any atom is -0.339 e. The van der Waals surface area contributed by atoms with E-state index in [9.17, 15) is 4.79 Å². The van der Waals surface area contributed by atoms with Gasteiger partial charge in [0.1, 0.15) is 0 Å². The molecule has 0 radical (unpaired) electrons. The standard InChI is InChI=1S/C11H22N4O/c12-10-2-1-5-14(8-10)9-11(16)15-6-3-13-4-7-15/h10,13H,1-9,12H2. The summed E-state index contributed by atoms with van der Waals surface area (Å²) in [6, 6.07) is 0.254. The van der Waals surface area contributed by atoms with Gasteiger partial charge in [0.15, 0.2) is 0 Å². The Morgan fingerprint density at radius 1 is 1.31 bits per heavy atom. The molecule has 5 nitrogen and oxygen atoms in total.